The van der Waals surface area contributed by atoms with Gasteiger partial charge in [0.25, 0.3) is 0 Å². The number of allylic oxidation sites excluding steroid dienone is 1. The number of carbonyl (C=O) groups is 3. The van der Waals surface area contributed by atoms with Gasteiger partial charge in [-0.25, -0.2) is 0 Å². The fourth-order valence-corrected chi connectivity index (χ4v) is 15.4. The Morgan fingerprint density at radius 3 is 1.10 bits per heavy atom. The van der Waals surface area contributed by atoms with E-state index in [1.807, 2.05) is 6.08 Å². The summed E-state index contributed by atoms with van der Waals surface area (Å²) in [4.78, 5) is 39.4. The van der Waals surface area contributed by atoms with Gasteiger partial charge in [-0.1, -0.05) is 193 Å². The van der Waals surface area contributed by atoms with Gasteiger partial charge in [0.1, 0.15) is 146 Å². The summed E-state index contributed by atoms with van der Waals surface area (Å²) >= 11 is 0. The Balaban J connectivity index is 1.11. The topological polar surface area (TPSA) is 562 Å². The van der Waals surface area contributed by atoms with Crippen molar-refractivity contribution in [2.75, 3.05) is 46.2 Å². The van der Waals surface area contributed by atoms with E-state index in [0.29, 0.717) is 12.8 Å². The van der Waals surface area contributed by atoms with E-state index >= 15 is 0 Å². The van der Waals surface area contributed by atoms with Crippen LogP contribution in [0.5, 0.6) is 0 Å². The van der Waals surface area contributed by atoms with E-state index in [-0.39, 0.29) is 12.3 Å². The number of hydrogen-bond acceptors (Lipinski definition) is 33. The molecule has 0 spiro atoms. The zero-order valence-electron chi connectivity index (χ0n) is 67.0. The number of hydrogen-bond donors (Lipinski definition) is 21. The smallest absolute Gasteiger partial charge is 0.220 e. The summed E-state index contributed by atoms with van der Waals surface area (Å²) in [6.45, 7) is 0.0265. The van der Waals surface area contributed by atoms with Crippen LogP contribution in [-0.4, -0.2) is 352 Å². The van der Waals surface area contributed by atoms with Gasteiger partial charge in [0, 0.05) is 20.3 Å². The predicted molar refractivity (Wildman–Crippen MR) is 403 cm³/mol. The zero-order chi connectivity index (χ0) is 83.4. The lowest BCUT2D eigenvalue weighted by Gasteiger charge is -2.51. The highest BCUT2D eigenvalue weighted by Gasteiger charge is 2.59. The minimum absolute atomic E-state index is 0.171. The third kappa shape index (κ3) is 30.5. The summed E-state index contributed by atoms with van der Waals surface area (Å²) in [7, 11) is 0. The van der Waals surface area contributed by atoms with Crippen LogP contribution in [0.25, 0.3) is 0 Å². The summed E-state index contributed by atoms with van der Waals surface area (Å²) in [5, 5.41) is 208. The minimum Gasteiger partial charge on any atom is -0.394 e. The Morgan fingerprint density at radius 1 is 0.342 bits per heavy atom. The number of ether oxygens (including phenoxy) is 12. The highest BCUT2D eigenvalue weighted by Crippen LogP contribution is 2.38. The van der Waals surface area contributed by atoms with Crippen LogP contribution in [0.1, 0.15) is 220 Å². The van der Waals surface area contributed by atoms with Crippen molar-refractivity contribution in [2.24, 2.45) is 0 Å². The second-order valence-electron chi connectivity index (χ2n) is 31.4. The van der Waals surface area contributed by atoms with Gasteiger partial charge in [-0.3, -0.25) is 14.4 Å². The molecule has 3 amide bonds. The first kappa shape index (κ1) is 99.8. The van der Waals surface area contributed by atoms with Crippen molar-refractivity contribution in [1.82, 2.24) is 16.0 Å². The van der Waals surface area contributed by atoms with Crippen LogP contribution < -0.4 is 16.0 Å². The average Bonchev–Trinajstić information content (AvgIpc) is 0.755. The quantitative estimate of drug-likeness (QED) is 0.0240. The molecule has 6 saturated heterocycles. The standard InChI is InChI=1S/C78H141N3O33/c1-5-7-9-11-13-15-17-19-20-21-22-24-26-28-30-32-34-36-54(91)81-46(47(90)35-33-31-29-27-25-23-18-16-14-12-10-8-6-2)43-103-75-65(100)63(98)69(53(42-87)109-75)111-77-66(101)72(60(95)50(39-84)106-77)114-74-56(80-45(4)89)70(58(93)49(38-83)104-74)112-78-67(102)71(59(94)51(40-85)107-78)113-73-55(79-44(3)88)61(96)68(52(41-86)108-73)110-76-64(99)62(97)57(92)48(37-82)105-76/h33,35,46-53,55-78,82-87,90,92-102H,5-32,34,36-43H2,1-4H3,(H,79,88)(H,80,89)(H,81,91)/b35-33+/t46-,47+,48?,49?,50?,51?,52?,53?,55?,56?,57-,58+,59-,60-,61+,62-,63+,64?,65?,66?,67?,68+,69+,70+,71-,72-,73-,74-,75+,76-,77-,78-/m0/s1. The van der Waals surface area contributed by atoms with Crippen molar-refractivity contribution in [2.45, 2.75) is 417 Å². The number of amides is 3. The molecular weight excluding hydrogens is 1510 g/mol. The molecule has 6 aliphatic heterocycles. The van der Waals surface area contributed by atoms with E-state index in [1.165, 1.54) is 122 Å². The molecule has 32 atom stereocenters. The molecule has 6 fully saturated rings. The fraction of sp³-hybridized carbons (Fsp3) is 0.936. The maximum Gasteiger partial charge on any atom is 0.220 e. The summed E-state index contributed by atoms with van der Waals surface area (Å²) in [5.74, 6) is -2.08. The van der Waals surface area contributed by atoms with Gasteiger partial charge in [0.2, 0.25) is 17.7 Å². The molecule has 0 saturated carbocycles. The van der Waals surface area contributed by atoms with Crippen LogP contribution in [-0.2, 0) is 71.2 Å². The normalized spacial score (nSPS) is 36.8. The highest BCUT2D eigenvalue weighted by atomic mass is 16.8. The van der Waals surface area contributed by atoms with E-state index in [0.717, 1.165) is 65.2 Å². The predicted octanol–water partition coefficient (Wildman–Crippen LogP) is -1.64. The lowest BCUT2D eigenvalue weighted by molar-refractivity contribution is -0.386. The van der Waals surface area contributed by atoms with Crippen molar-refractivity contribution in [1.29, 1.82) is 0 Å². The summed E-state index contributed by atoms with van der Waals surface area (Å²) in [6, 6.07) is -4.71. The van der Waals surface area contributed by atoms with E-state index in [2.05, 4.69) is 29.8 Å². The summed E-state index contributed by atoms with van der Waals surface area (Å²) in [6.07, 6.45) is -18.3. The molecule has 0 aromatic rings. The van der Waals surface area contributed by atoms with Crippen molar-refractivity contribution in [3.8, 4) is 0 Å². The lowest BCUT2D eigenvalue weighted by atomic mass is 9.93. The molecule has 0 bridgehead atoms. The third-order valence-electron chi connectivity index (χ3n) is 22.2. The average molecular weight is 1650 g/mol. The van der Waals surface area contributed by atoms with Crippen molar-refractivity contribution in [3.05, 3.63) is 12.2 Å². The Hall–Kier alpha value is -3.05. The van der Waals surface area contributed by atoms with Crippen molar-refractivity contribution < 1.29 is 163 Å². The summed E-state index contributed by atoms with van der Waals surface area (Å²) < 4.78 is 71.1. The minimum atomic E-state index is -2.28. The molecule has 36 heteroatoms. The molecule has 0 radical (unpaired) electrons. The molecule has 21 N–H and O–H groups in total. The van der Waals surface area contributed by atoms with Gasteiger partial charge in [0.05, 0.1) is 58.4 Å². The Kier molecular flexibility index (Phi) is 47.0. The van der Waals surface area contributed by atoms with E-state index in [4.69, 9.17) is 56.8 Å². The Bertz CT molecular complexity index is 2630. The van der Waals surface area contributed by atoms with Crippen LogP contribution in [0, 0.1) is 0 Å². The van der Waals surface area contributed by atoms with Crippen LogP contribution in [0.3, 0.4) is 0 Å². The van der Waals surface area contributed by atoms with Gasteiger partial charge < -0.3 is 165 Å². The van der Waals surface area contributed by atoms with Crippen molar-refractivity contribution >= 4 is 17.7 Å². The number of nitrogens with one attached hydrogen (secondary N) is 3. The number of aliphatic hydroxyl groups excluding tert-OH is 18. The third-order valence-corrected chi connectivity index (χ3v) is 22.2. The van der Waals surface area contributed by atoms with Crippen molar-refractivity contribution in [3.63, 3.8) is 0 Å². The molecule has 6 rings (SSSR count). The number of aliphatic hydroxyl groups is 18. The number of rotatable bonds is 54. The number of carbonyl (C=O) groups excluding carboxylic acids is 3. The lowest BCUT2D eigenvalue weighted by Crippen LogP contribution is -2.71. The Morgan fingerprint density at radius 2 is 0.667 bits per heavy atom. The molecule has 114 heavy (non-hydrogen) atoms. The Labute approximate surface area is 669 Å². The second kappa shape index (κ2) is 53.7. The van der Waals surface area contributed by atoms with Gasteiger partial charge in [-0.15, -0.1) is 0 Å². The first-order valence-corrected chi connectivity index (χ1v) is 42.0. The van der Waals surface area contributed by atoms with Crippen LogP contribution in [0.4, 0.5) is 0 Å². The monoisotopic (exact) mass is 1650 g/mol. The zero-order valence-corrected chi connectivity index (χ0v) is 67.0. The summed E-state index contributed by atoms with van der Waals surface area (Å²) in [5.41, 5.74) is 0. The molecule has 6 aliphatic rings. The molecule has 0 aliphatic carbocycles. The molecule has 12 unspecified atom stereocenters. The van der Waals surface area contributed by atoms with Gasteiger partial charge >= 0.3 is 0 Å². The molecular formula is C78H141N3O33. The van der Waals surface area contributed by atoms with Gasteiger partial charge in [0.15, 0.2) is 37.7 Å². The van der Waals surface area contributed by atoms with E-state index in [1.54, 1.807) is 6.08 Å². The van der Waals surface area contributed by atoms with Gasteiger partial charge in [-0.2, -0.15) is 0 Å². The van der Waals surface area contributed by atoms with E-state index < -0.39 is 254 Å². The molecule has 6 heterocycles. The second-order valence-corrected chi connectivity index (χ2v) is 31.4. The maximum absolute atomic E-state index is 13.6. The SMILES string of the molecule is CCCCCCCCCCCCC/C=C/[C@@H](O)[C@H](CO[C@@H]1OC(CO)[C@@H](O[C@@H]2OC(CO)[C@H](O)[C@H](O[C@@H]3OC(CO)[C@@H](O)[C@H](O[C@@H]4OC(CO)[C@H](O)[C@H](O[C@@H]5OC(CO)[C@@H](O[C@@H]6OC(CO)[C@H](O)[C@H](O)C6O)[C@H](O)C5NC(C)=O)C4O)C3NC(C)=O)C2O)[C@H](O)C1O)NC(=O)CCCCCCCCCCCCCCCCCCC. The van der Waals surface area contributed by atoms with Crippen LogP contribution >= 0.6 is 0 Å². The highest BCUT2D eigenvalue weighted by molar-refractivity contribution is 5.76. The molecule has 666 valence electrons. The molecule has 36 nitrogen and oxygen atoms in total. The maximum atomic E-state index is 13.6. The first-order valence-electron chi connectivity index (χ1n) is 42.0. The first-order chi connectivity index (χ1) is 54.8. The number of unbranched alkanes of at least 4 members (excludes halogenated alkanes) is 27. The molecule has 0 aromatic heterocycles. The largest absolute Gasteiger partial charge is 0.394 e. The van der Waals surface area contributed by atoms with Gasteiger partial charge in [-0.05, 0) is 19.3 Å². The van der Waals surface area contributed by atoms with E-state index in [9.17, 15) is 106 Å². The fourth-order valence-electron chi connectivity index (χ4n) is 15.4. The van der Waals surface area contributed by atoms with Crippen LogP contribution in [0.15, 0.2) is 12.2 Å². The van der Waals surface area contributed by atoms with Crippen LogP contribution in [0.2, 0.25) is 0 Å². The molecule has 0 aromatic carbocycles.